The van der Waals surface area contributed by atoms with Crippen LogP contribution in [0, 0.1) is 0 Å². The summed E-state index contributed by atoms with van der Waals surface area (Å²) in [6, 6.07) is 18.3. The number of rotatable bonds is 5. The van der Waals surface area contributed by atoms with Crippen LogP contribution < -0.4 is 10.2 Å². The first-order chi connectivity index (χ1) is 12.8. The summed E-state index contributed by atoms with van der Waals surface area (Å²) in [5.41, 5.74) is 0.934. The van der Waals surface area contributed by atoms with Gasteiger partial charge in [0.25, 0.3) is 0 Å². The Hall–Kier alpha value is -2.30. The Labute approximate surface area is 158 Å². The molecule has 3 heterocycles. The molecule has 26 heavy (non-hydrogen) atoms. The van der Waals surface area contributed by atoms with Crippen LogP contribution in [0.1, 0.15) is 18.6 Å². The molecule has 0 saturated carbocycles. The average Bonchev–Trinajstić information content (AvgIpc) is 3.17. The molecule has 0 unspecified atom stereocenters. The SMILES string of the molecule is Clc1ccccc1-c1ccc(CNC2CCN(c3ccccn3)CC2)o1. The highest BCUT2D eigenvalue weighted by Gasteiger charge is 2.20. The van der Waals surface area contributed by atoms with E-state index in [4.69, 9.17) is 16.0 Å². The minimum absolute atomic E-state index is 0.504. The number of hydrogen-bond acceptors (Lipinski definition) is 4. The number of pyridine rings is 1. The summed E-state index contributed by atoms with van der Waals surface area (Å²) in [6.45, 7) is 2.79. The van der Waals surface area contributed by atoms with Gasteiger partial charge in [-0.2, -0.15) is 0 Å². The molecule has 1 aromatic carbocycles. The third-order valence-electron chi connectivity index (χ3n) is 4.83. The normalized spacial score (nSPS) is 15.3. The average molecular weight is 368 g/mol. The van der Waals surface area contributed by atoms with E-state index in [2.05, 4.69) is 21.3 Å². The second kappa shape index (κ2) is 7.94. The van der Waals surface area contributed by atoms with Crippen molar-refractivity contribution in [3.05, 3.63) is 71.6 Å². The number of hydrogen-bond donors (Lipinski definition) is 1. The van der Waals surface area contributed by atoms with E-state index in [1.807, 2.05) is 54.7 Å². The summed E-state index contributed by atoms with van der Waals surface area (Å²) in [6.07, 6.45) is 4.07. The zero-order valence-electron chi connectivity index (χ0n) is 14.6. The Morgan fingerprint density at radius 1 is 1.04 bits per heavy atom. The van der Waals surface area contributed by atoms with Crippen molar-refractivity contribution in [3.8, 4) is 11.3 Å². The summed E-state index contributed by atoms with van der Waals surface area (Å²) in [4.78, 5) is 6.79. The molecule has 1 aliphatic rings. The number of nitrogens with zero attached hydrogens (tertiary/aromatic N) is 2. The zero-order valence-corrected chi connectivity index (χ0v) is 15.3. The van der Waals surface area contributed by atoms with Gasteiger partial charge in [0.2, 0.25) is 0 Å². The molecule has 1 N–H and O–H groups in total. The van der Waals surface area contributed by atoms with Crippen molar-refractivity contribution in [2.24, 2.45) is 0 Å². The first-order valence-corrected chi connectivity index (χ1v) is 9.40. The third kappa shape index (κ3) is 3.92. The third-order valence-corrected chi connectivity index (χ3v) is 5.16. The molecule has 0 atom stereocenters. The van der Waals surface area contributed by atoms with Crippen molar-refractivity contribution in [2.45, 2.75) is 25.4 Å². The van der Waals surface area contributed by atoms with E-state index in [1.54, 1.807) is 0 Å². The molecule has 2 aromatic heterocycles. The Balaban J connectivity index is 1.30. The van der Waals surface area contributed by atoms with Crippen LogP contribution in [0.2, 0.25) is 5.02 Å². The first-order valence-electron chi connectivity index (χ1n) is 9.02. The standard InChI is InChI=1S/C21H22ClN3O/c22-19-6-2-1-5-18(19)20-9-8-17(26-20)15-24-16-10-13-25(14-11-16)21-7-3-4-12-23-21/h1-9,12,16,24H,10-11,13-15H2. The predicted molar refractivity (Wildman–Crippen MR) is 105 cm³/mol. The van der Waals surface area contributed by atoms with Crippen molar-refractivity contribution >= 4 is 17.4 Å². The lowest BCUT2D eigenvalue weighted by molar-refractivity contribution is 0.390. The van der Waals surface area contributed by atoms with Gasteiger partial charge in [0.1, 0.15) is 17.3 Å². The smallest absolute Gasteiger partial charge is 0.135 e. The summed E-state index contributed by atoms with van der Waals surface area (Å²) in [7, 11) is 0. The summed E-state index contributed by atoms with van der Waals surface area (Å²) in [5, 5.41) is 4.33. The van der Waals surface area contributed by atoms with Gasteiger partial charge in [0.05, 0.1) is 11.6 Å². The lowest BCUT2D eigenvalue weighted by Crippen LogP contribution is -2.42. The molecule has 4 rings (SSSR count). The Morgan fingerprint density at radius 3 is 2.62 bits per heavy atom. The Kier molecular flexibility index (Phi) is 5.23. The van der Waals surface area contributed by atoms with Gasteiger partial charge >= 0.3 is 0 Å². The molecule has 0 aliphatic carbocycles. The fourth-order valence-corrected chi connectivity index (χ4v) is 3.61. The molecule has 3 aromatic rings. The maximum atomic E-state index is 6.25. The molecule has 0 amide bonds. The number of nitrogens with one attached hydrogen (secondary N) is 1. The van der Waals surface area contributed by atoms with Crippen molar-refractivity contribution in [1.82, 2.24) is 10.3 Å². The predicted octanol–water partition coefficient (Wildman–Crippen LogP) is 4.75. The van der Waals surface area contributed by atoms with Gasteiger partial charge < -0.3 is 14.6 Å². The highest BCUT2D eigenvalue weighted by atomic mass is 35.5. The van der Waals surface area contributed by atoms with E-state index in [0.717, 1.165) is 55.4 Å². The lowest BCUT2D eigenvalue weighted by atomic mass is 10.0. The summed E-state index contributed by atoms with van der Waals surface area (Å²) < 4.78 is 5.96. The van der Waals surface area contributed by atoms with Crippen LogP contribution in [0.25, 0.3) is 11.3 Å². The van der Waals surface area contributed by atoms with Crippen LogP contribution >= 0.6 is 11.6 Å². The number of piperidine rings is 1. The maximum Gasteiger partial charge on any atom is 0.135 e. The zero-order chi connectivity index (χ0) is 17.8. The summed E-state index contributed by atoms with van der Waals surface area (Å²) >= 11 is 6.25. The fourth-order valence-electron chi connectivity index (χ4n) is 3.38. The molecule has 1 aliphatic heterocycles. The molecule has 0 spiro atoms. The molecule has 134 valence electrons. The molecular weight excluding hydrogens is 346 g/mol. The van der Waals surface area contributed by atoms with E-state index in [-0.39, 0.29) is 0 Å². The van der Waals surface area contributed by atoms with E-state index in [9.17, 15) is 0 Å². The number of benzene rings is 1. The minimum atomic E-state index is 0.504. The van der Waals surface area contributed by atoms with Gasteiger partial charge in [-0.1, -0.05) is 29.8 Å². The molecule has 1 saturated heterocycles. The number of anilines is 1. The highest BCUT2D eigenvalue weighted by Crippen LogP contribution is 2.29. The molecule has 1 fully saturated rings. The number of aromatic nitrogens is 1. The monoisotopic (exact) mass is 367 g/mol. The van der Waals surface area contributed by atoms with Crippen LogP contribution in [0.15, 0.2) is 65.2 Å². The van der Waals surface area contributed by atoms with Gasteiger partial charge in [-0.3, -0.25) is 0 Å². The van der Waals surface area contributed by atoms with Crippen LogP contribution in [0.3, 0.4) is 0 Å². The van der Waals surface area contributed by atoms with Crippen molar-refractivity contribution in [3.63, 3.8) is 0 Å². The summed E-state index contributed by atoms with van der Waals surface area (Å²) in [5.74, 6) is 2.82. The van der Waals surface area contributed by atoms with Crippen LogP contribution in [-0.4, -0.2) is 24.1 Å². The second-order valence-corrected chi connectivity index (χ2v) is 6.98. The van der Waals surface area contributed by atoms with Crippen molar-refractivity contribution < 1.29 is 4.42 Å². The van der Waals surface area contributed by atoms with Gasteiger partial charge in [0, 0.05) is 30.9 Å². The van der Waals surface area contributed by atoms with Gasteiger partial charge in [-0.05, 0) is 49.2 Å². The van der Waals surface area contributed by atoms with Crippen LogP contribution in [0.4, 0.5) is 5.82 Å². The quantitative estimate of drug-likeness (QED) is 0.706. The van der Waals surface area contributed by atoms with E-state index < -0.39 is 0 Å². The van der Waals surface area contributed by atoms with Crippen LogP contribution in [-0.2, 0) is 6.54 Å². The largest absolute Gasteiger partial charge is 0.460 e. The molecule has 0 radical (unpaired) electrons. The van der Waals surface area contributed by atoms with Gasteiger partial charge in [-0.15, -0.1) is 0 Å². The maximum absolute atomic E-state index is 6.25. The Bertz CT molecular complexity index is 841. The van der Waals surface area contributed by atoms with E-state index in [0.29, 0.717) is 11.1 Å². The van der Waals surface area contributed by atoms with Crippen molar-refractivity contribution in [2.75, 3.05) is 18.0 Å². The molecule has 0 bridgehead atoms. The lowest BCUT2D eigenvalue weighted by Gasteiger charge is -2.33. The van der Waals surface area contributed by atoms with Gasteiger partial charge in [0.15, 0.2) is 0 Å². The highest BCUT2D eigenvalue weighted by molar-refractivity contribution is 6.33. The second-order valence-electron chi connectivity index (χ2n) is 6.58. The molecular formula is C21H22ClN3O. The first kappa shape index (κ1) is 17.1. The molecule has 4 nitrogen and oxygen atoms in total. The van der Waals surface area contributed by atoms with Crippen LogP contribution in [0.5, 0.6) is 0 Å². The minimum Gasteiger partial charge on any atom is -0.460 e. The van der Waals surface area contributed by atoms with E-state index >= 15 is 0 Å². The number of furan rings is 1. The number of halogens is 1. The fraction of sp³-hybridized carbons (Fsp3) is 0.286. The van der Waals surface area contributed by atoms with Gasteiger partial charge in [-0.25, -0.2) is 4.98 Å². The van der Waals surface area contributed by atoms with Crippen molar-refractivity contribution in [1.29, 1.82) is 0 Å². The Morgan fingerprint density at radius 2 is 1.85 bits per heavy atom. The molecule has 5 heteroatoms. The van der Waals surface area contributed by atoms with E-state index in [1.165, 1.54) is 0 Å². The topological polar surface area (TPSA) is 41.3 Å².